The summed E-state index contributed by atoms with van der Waals surface area (Å²) in [6.45, 7) is 0. The molecular formula is C52H31N3OS. The van der Waals surface area contributed by atoms with Gasteiger partial charge in [0.05, 0.1) is 11.0 Å². The van der Waals surface area contributed by atoms with E-state index in [1.165, 1.54) is 48.7 Å². The highest BCUT2D eigenvalue weighted by Gasteiger charge is 2.51. The van der Waals surface area contributed by atoms with E-state index in [1.54, 1.807) is 0 Å². The molecule has 2 aromatic heterocycles. The molecule has 3 heterocycles. The molecule has 0 radical (unpaired) electrons. The second-order valence-corrected chi connectivity index (χ2v) is 15.7. The van der Waals surface area contributed by atoms with Gasteiger partial charge in [-0.25, -0.2) is 15.0 Å². The average Bonchev–Trinajstić information content (AvgIpc) is 3.81. The van der Waals surface area contributed by atoms with Crippen molar-refractivity contribution in [3.63, 3.8) is 0 Å². The molecule has 1 spiro atoms. The van der Waals surface area contributed by atoms with Gasteiger partial charge in [0.2, 0.25) is 0 Å². The first-order chi connectivity index (χ1) is 28.3. The maximum atomic E-state index is 6.44. The van der Waals surface area contributed by atoms with Crippen molar-refractivity contribution in [3.8, 4) is 56.4 Å². The topological polar surface area (TPSA) is 51.8 Å². The maximum absolute atomic E-state index is 6.44. The third kappa shape index (κ3) is 4.73. The minimum Gasteiger partial charge on any atom is -0.455 e. The average molecular weight is 746 g/mol. The molecule has 10 aromatic rings. The molecule has 5 heteroatoms. The number of rotatable bonds is 4. The van der Waals surface area contributed by atoms with Crippen LogP contribution in [0.15, 0.2) is 202 Å². The summed E-state index contributed by atoms with van der Waals surface area (Å²) in [5.74, 6) is 1.79. The number of para-hydroxylation sites is 2. The molecule has 266 valence electrons. The van der Waals surface area contributed by atoms with Crippen LogP contribution in [0.1, 0.15) is 22.3 Å². The number of benzene rings is 8. The Labute approximate surface area is 333 Å². The van der Waals surface area contributed by atoms with E-state index in [4.69, 9.17) is 19.4 Å². The molecule has 0 atom stereocenters. The Bertz CT molecular complexity index is 3180. The summed E-state index contributed by atoms with van der Waals surface area (Å²) in [6, 6.07) is 66.8. The van der Waals surface area contributed by atoms with E-state index in [0.29, 0.717) is 17.5 Å². The lowest BCUT2D eigenvalue weighted by Gasteiger charge is -2.40. The lowest BCUT2D eigenvalue weighted by Crippen LogP contribution is -2.32. The number of hydrogen-bond acceptors (Lipinski definition) is 5. The lowest BCUT2D eigenvalue weighted by molar-refractivity contribution is 0.669. The van der Waals surface area contributed by atoms with Crippen molar-refractivity contribution in [2.75, 3.05) is 0 Å². The summed E-state index contributed by atoms with van der Waals surface area (Å²) < 4.78 is 6.44. The summed E-state index contributed by atoms with van der Waals surface area (Å²) in [6.07, 6.45) is 0. The zero-order chi connectivity index (χ0) is 37.5. The van der Waals surface area contributed by atoms with Gasteiger partial charge in [0, 0.05) is 31.7 Å². The Morgan fingerprint density at radius 2 is 0.895 bits per heavy atom. The Hall–Kier alpha value is -7.08. The molecule has 1 aliphatic heterocycles. The van der Waals surface area contributed by atoms with Crippen molar-refractivity contribution in [1.29, 1.82) is 0 Å². The van der Waals surface area contributed by atoms with Crippen LogP contribution < -0.4 is 0 Å². The maximum Gasteiger partial charge on any atom is 0.167 e. The van der Waals surface area contributed by atoms with Gasteiger partial charge in [-0.15, -0.1) is 0 Å². The fourth-order valence-electron chi connectivity index (χ4n) is 9.22. The van der Waals surface area contributed by atoms with E-state index in [1.807, 2.05) is 72.4 Å². The van der Waals surface area contributed by atoms with E-state index in [9.17, 15) is 0 Å². The van der Waals surface area contributed by atoms with Gasteiger partial charge in [0.25, 0.3) is 0 Å². The monoisotopic (exact) mass is 745 g/mol. The molecule has 12 rings (SSSR count). The zero-order valence-corrected chi connectivity index (χ0v) is 31.4. The van der Waals surface area contributed by atoms with Crippen molar-refractivity contribution in [3.05, 3.63) is 210 Å². The van der Waals surface area contributed by atoms with Gasteiger partial charge in [-0.05, 0) is 68.8 Å². The van der Waals surface area contributed by atoms with Gasteiger partial charge in [-0.3, -0.25) is 0 Å². The molecule has 8 aromatic carbocycles. The van der Waals surface area contributed by atoms with Crippen molar-refractivity contribution in [2.45, 2.75) is 15.2 Å². The van der Waals surface area contributed by atoms with Crippen LogP contribution in [0.5, 0.6) is 0 Å². The van der Waals surface area contributed by atoms with Gasteiger partial charge in [-0.2, -0.15) is 0 Å². The fraction of sp³-hybridized carbons (Fsp3) is 0.0192. The van der Waals surface area contributed by atoms with Crippen molar-refractivity contribution < 1.29 is 4.42 Å². The first-order valence-electron chi connectivity index (χ1n) is 19.2. The van der Waals surface area contributed by atoms with Gasteiger partial charge in [0.1, 0.15) is 11.2 Å². The second-order valence-electron chi connectivity index (χ2n) is 14.6. The van der Waals surface area contributed by atoms with Crippen LogP contribution in [-0.4, -0.2) is 15.0 Å². The van der Waals surface area contributed by atoms with Crippen LogP contribution in [0.25, 0.3) is 78.4 Å². The van der Waals surface area contributed by atoms with Gasteiger partial charge >= 0.3 is 0 Å². The van der Waals surface area contributed by atoms with E-state index < -0.39 is 5.41 Å². The quantitative estimate of drug-likeness (QED) is 0.180. The van der Waals surface area contributed by atoms with Gasteiger partial charge < -0.3 is 4.42 Å². The Balaban J connectivity index is 1.04. The minimum atomic E-state index is -0.467. The SMILES string of the molecule is c1ccc(-c2nc(-c3ccc(-c4cccc5c4C4(c6ccccc6Sc6ccccc64)c4ccccc4-5)cc3)nc(-c3cccc4c3oc3ccccc34)n2)cc1. The van der Waals surface area contributed by atoms with Crippen LogP contribution in [-0.2, 0) is 5.41 Å². The van der Waals surface area contributed by atoms with Gasteiger partial charge in [-0.1, -0.05) is 176 Å². The predicted molar refractivity (Wildman–Crippen MR) is 230 cm³/mol. The normalized spacial score (nSPS) is 13.3. The predicted octanol–water partition coefficient (Wildman–Crippen LogP) is 13.3. The minimum absolute atomic E-state index is 0.467. The standard InChI is InChI=1S/C52H31N3OS/c1-2-14-33(15-3-1)49-53-50(55-51(54-49)40-21-13-20-39-37-17-5-9-25-44(37)56-48(39)40)34-30-28-32(29-31-34)35-18-12-19-38-36-16-4-6-22-41(36)52(47(35)38)42-23-7-10-26-45(42)57-46-27-11-8-24-43(46)52/h1-31H. The summed E-state index contributed by atoms with van der Waals surface area (Å²) in [4.78, 5) is 17.8. The van der Waals surface area contributed by atoms with Crippen molar-refractivity contribution >= 4 is 33.7 Å². The van der Waals surface area contributed by atoms with E-state index in [2.05, 4.69) is 127 Å². The fourth-order valence-corrected chi connectivity index (χ4v) is 10.4. The molecule has 57 heavy (non-hydrogen) atoms. The summed E-state index contributed by atoms with van der Waals surface area (Å²) in [5.41, 5.74) is 14.0. The van der Waals surface area contributed by atoms with Crippen LogP contribution in [0.3, 0.4) is 0 Å². The van der Waals surface area contributed by atoms with Crippen LogP contribution in [0.4, 0.5) is 0 Å². The van der Waals surface area contributed by atoms with Crippen molar-refractivity contribution in [2.24, 2.45) is 0 Å². The summed E-state index contributed by atoms with van der Waals surface area (Å²) >= 11 is 1.87. The van der Waals surface area contributed by atoms with Gasteiger partial charge in [0.15, 0.2) is 17.5 Å². The number of aromatic nitrogens is 3. The van der Waals surface area contributed by atoms with Crippen LogP contribution in [0, 0.1) is 0 Å². The highest BCUT2D eigenvalue weighted by Crippen LogP contribution is 2.63. The first kappa shape index (κ1) is 32.2. The number of hydrogen-bond donors (Lipinski definition) is 0. The van der Waals surface area contributed by atoms with E-state index >= 15 is 0 Å². The number of nitrogens with zero attached hydrogens (tertiary/aromatic N) is 3. The zero-order valence-electron chi connectivity index (χ0n) is 30.6. The Kier molecular flexibility index (Phi) is 7.04. The molecule has 0 bridgehead atoms. The van der Waals surface area contributed by atoms with E-state index in [0.717, 1.165) is 44.2 Å². The third-order valence-electron chi connectivity index (χ3n) is 11.6. The third-order valence-corrected chi connectivity index (χ3v) is 12.8. The molecular weight excluding hydrogens is 715 g/mol. The van der Waals surface area contributed by atoms with Crippen LogP contribution >= 0.6 is 11.8 Å². The Morgan fingerprint density at radius 3 is 1.67 bits per heavy atom. The molecule has 0 saturated heterocycles. The Morgan fingerprint density at radius 1 is 0.368 bits per heavy atom. The smallest absolute Gasteiger partial charge is 0.167 e. The number of furan rings is 1. The molecule has 2 aliphatic rings. The first-order valence-corrected chi connectivity index (χ1v) is 20.0. The molecule has 0 fully saturated rings. The highest BCUT2D eigenvalue weighted by atomic mass is 32.2. The largest absolute Gasteiger partial charge is 0.455 e. The second kappa shape index (κ2) is 12.5. The summed E-state index contributed by atoms with van der Waals surface area (Å²) in [7, 11) is 0. The molecule has 4 nitrogen and oxygen atoms in total. The molecule has 1 aliphatic carbocycles. The summed E-state index contributed by atoms with van der Waals surface area (Å²) in [5, 5.41) is 2.10. The number of fused-ring (bicyclic) bond motifs is 12. The lowest BCUT2D eigenvalue weighted by atomic mass is 9.66. The molecule has 0 unspecified atom stereocenters. The highest BCUT2D eigenvalue weighted by molar-refractivity contribution is 7.99. The van der Waals surface area contributed by atoms with Crippen molar-refractivity contribution in [1.82, 2.24) is 15.0 Å². The molecule has 0 saturated carbocycles. The van der Waals surface area contributed by atoms with Crippen LogP contribution in [0.2, 0.25) is 0 Å². The molecule has 0 amide bonds. The van der Waals surface area contributed by atoms with E-state index in [-0.39, 0.29) is 0 Å². The molecule has 0 N–H and O–H groups in total.